The first-order valence-corrected chi connectivity index (χ1v) is 10.8. The van der Waals surface area contributed by atoms with Gasteiger partial charge in [-0.15, -0.1) is 0 Å². The fourth-order valence-corrected chi connectivity index (χ4v) is 4.03. The smallest absolute Gasteiger partial charge is 0.293 e. The van der Waals surface area contributed by atoms with Crippen LogP contribution in [0.3, 0.4) is 0 Å². The minimum Gasteiger partial charge on any atom is -0.454 e. The maximum absolute atomic E-state index is 12.7. The molecule has 0 atom stereocenters. The average molecular weight is 456 g/mol. The van der Waals surface area contributed by atoms with E-state index in [1.54, 1.807) is 24.3 Å². The average Bonchev–Trinajstić information content (AvgIpc) is 3.34. The number of fused-ring (bicyclic) bond motifs is 1. The van der Waals surface area contributed by atoms with Crippen molar-refractivity contribution < 1.29 is 23.9 Å². The molecule has 2 aromatic rings. The van der Waals surface area contributed by atoms with Crippen molar-refractivity contribution >= 4 is 34.9 Å². The molecule has 10 nitrogen and oxygen atoms in total. The zero-order valence-electron chi connectivity index (χ0n) is 17.2. The molecule has 166 valence electrons. The number of nitrogens with one attached hydrogen (secondary N) is 1. The van der Waals surface area contributed by atoms with Crippen LogP contribution in [-0.4, -0.2) is 51.6 Å². The van der Waals surface area contributed by atoms with Crippen molar-refractivity contribution in [2.75, 3.05) is 19.9 Å². The summed E-state index contributed by atoms with van der Waals surface area (Å²) in [4.78, 5) is 50.4. The standard InChI is InChI=1S/C21H20N4O6S/c1-2-8-25-18(26)6-4-14(23-25)19(27)22-7-9-24-20(28)17(32-21(24)29)11-13-3-5-15-16(10-13)31-12-30-15/h3-6,10-11H,2,7-9,12H2,1H3,(H,22,27)/b17-11-. The molecule has 11 heteroatoms. The second-order valence-electron chi connectivity index (χ2n) is 6.98. The van der Waals surface area contributed by atoms with Crippen LogP contribution in [0.15, 0.2) is 40.0 Å². The Morgan fingerprint density at radius 1 is 1.16 bits per heavy atom. The van der Waals surface area contributed by atoms with Crippen molar-refractivity contribution in [3.8, 4) is 11.5 Å². The van der Waals surface area contributed by atoms with E-state index in [9.17, 15) is 19.2 Å². The molecular weight excluding hydrogens is 436 g/mol. The van der Waals surface area contributed by atoms with E-state index in [4.69, 9.17) is 9.47 Å². The molecule has 3 heterocycles. The number of rotatable bonds is 7. The first-order valence-electron chi connectivity index (χ1n) is 9.97. The summed E-state index contributed by atoms with van der Waals surface area (Å²) in [5.41, 5.74) is 0.520. The van der Waals surface area contributed by atoms with Gasteiger partial charge in [0.1, 0.15) is 5.69 Å². The lowest BCUT2D eigenvalue weighted by Crippen LogP contribution is -2.38. The van der Waals surface area contributed by atoms with Crippen LogP contribution >= 0.6 is 11.8 Å². The highest BCUT2D eigenvalue weighted by atomic mass is 32.2. The minimum atomic E-state index is -0.488. The largest absolute Gasteiger partial charge is 0.454 e. The fraction of sp³-hybridized carbons (Fsp3) is 0.286. The number of thioether (sulfide) groups is 1. The van der Waals surface area contributed by atoms with Gasteiger partial charge >= 0.3 is 0 Å². The molecular formula is C21H20N4O6S. The quantitative estimate of drug-likeness (QED) is 0.627. The second kappa shape index (κ2) is 9.27. The van der Waals surface area contributed by atoms with E-state index in [1.165, 1.54) is 16.8 Å². The molecule has 0 bridgehead atoms. The molecule has 1 fully saturated rings. The van der Waals surface area contributed by atoms with Crippen LogP contribution in [0.2, 0.25) is 0 Å². The number of amides is 3. The topological polar surface area (TPSA) is 120 Å². The lowest BCUT2D eigenvalue weighted by molar-refractivity contribution is -0.122. The molecule has 1 saturated heterocycles. The van der Waals surface area contributed by atoms with Gasteiger partial charge in [0.15, 0.2) is 11.5 Å². The number of imide groups is 1. The molecule has 2 aliphatic heterocycles. The lowest BCUT2D eigenvalue weighted by Gasteiger charge is -2.13. The van der Waals surface area contributed by atoms with Crippen LogP contribution in [0, 0.1) is 0 Å². The van der Waals surface area contributed by atoms with Crippen molar-refractivity contribution in [2.45, 2.75) is 19.9 Å². The second-order valence-corrected chi connectivity index (χ2v) is 7.98. The Morgan fingerprint density at radius 3 is 2.78 bits per heavy atom. The molecule has 0 saturated carbocycles. The molecule has 32 heavy (non-hydrogen) atoms. The van der Waals surface area contributed by atoms with Gasteiger partial charge in [0.05, 0.1) is 4.91 Å². The van der Waals surface area contributed by atoms with Crippen LogP contribution in [0.1, 0.15) is 29.4 Å². The van der Waals surface area contributed by atoms with Crippen molar-refractivity contribution in [2.24, 2.45) is 0 Å². The Balaban J connectivity index is 1.36. The summed E-state index contributed by atoms with van der Waals surface area (Å²) < 4.78 is 11.8. The zero-order chi connectivity index (χ0) is 22.7. The van der Waals surface area contributed by atoms with Gasteiger partial charge in [0.25, 0.3) is 22.6 Å². The molecule has 0 spiro atoms. The first kappa shape index (κ1) is 21.6. The number of aromatic nitrogens is 2. The van der Waals surface area contributed by atoms with E-state index in [1.807, 2.05) is 6.92 Å². The molecule has 0 aliphatic carbocycles. The number of aryl methyl sites for hydroxylation is 1. The van der Waals surface area contributed by atoms with E-state index < -0.39 is 17.1 Å². The number of hydrogen-bond acceptors (Lipinski definition) is 8. The number of carbonyl (C=O) groups is 3. The minimum absolute atomic E-state index is 0.0173. The SMILES string of the molecule is CCCn1nc(C(=O)NCCN2C(=O)S/C(=C\c3ccc4c(c3)OCO4)C2=O)ccc1=O. The molecule has 0 radical (unpaired) electrons. The molecule has 1 aromatic carbocycles. The summed E-state index contributed by atoms with van der Waals surface area (Å²) >= 11 is 0.838. The Kier molecular flexibility index (Phi) is 6.26. The summed E-state index contributed by atoms with van der Waals surface area (Å²) in [6, 6.07) is 7.88. The van der Waals surface area contributed by atoms with Gasteiger partial charge in [-0.3, -0.25) is 24.1 Å². The Labute approximate surface area is 187 Å². The number of carbonyl (C=O) groups excluding carboxylic acids is 3. The maximum Gasteiger partial charge on any atom is 0.293 e. The maximum atomic E-state index is 12.7. The van der Waals surface area contributed by atoms with Gasteiger partial charge in [-0.05, 0) is 48.0 Å². The van der Waals surface area contributed by atoms with Crippen molar-refractivity contribution in [3.05, 3.63) is 56.8 Å². The lowest BCUT2D eigenvalue weighted by atomic mass is 10.2. The van der Waals surface area contributed by atoms with E-state index in [-0.39, 0.29) is 36.0 Å². The highest BCUT2D eigenvalue weighted by Gasteiger charge is 2.34. The van der Waals surface area contributed by atoms with E-state index in [0.717, 1.165) is 16.7 Å². The predicted molar refractivity (Wildman–Crippen MR) is 116 cm³/mol. The molecule has 4 rings (SSSR count). The Morgan fingerprint density at radius 2 is 1.97 bits per heavy atom. The number of nitrogens with zero attached hydrogens (tertiary/aromatic N) is 3. The van der Waals surface area contributed by atoms with Crippen LogP contribution < -0.4 is 20.3 Å². The Hall–Kier alpha value is -3.60. The van der Waals surface area contributed by atoms with Gasteiger partial charge in [0.2, 0.25) is 6.79 Å². The summed E-state index contributed by atoms with van der Waals surface area (Å²) in [6.07, 6.45) is 2.32. The highest BCUT2D eigenvalue weighted by molar-refractivity contribution is 8.18. The van der Waals surface area contributed by atoms with E-state index in [2.05, 4.69) is 10.4 Å². The predicted octanol–water partition coefficient (Wildman–Crippen LogP) is 1.85. The Bertz CT molecular complexity index is 1180. The molecule has 1 N–H and O–H groups in total. The number of ether oxygens (including phenoxy) is 2. The molecule has 0 unspecified atom stereocenters. The van der Waals surface area contributed by atoms with Crippen molar-refractivity contribution in [3.63, 3.8) is 0 Å². The number of hydrogen-bond donors (Lipinski definition) is 1. The first-order chi connectivity index (χ1) is 15.5. The van der Waals surface area contributed by atoms with Gasteiger partial charge in [-0.25, -0.2) is 4.68 Å². The zero-order valence-corrected chi connectivity index (χ0v) is 18.0. The summed E-state index contributed by atoms with van der Waals surface area (Å²) in [7, 11) is 0. The monoisotopic (exact) mass is 456 g/mol. The van der Waals surface area contributed by atoms with E-state index >= 15 is 0 Å². The van der Waals surface area contributed by atoms with Gasteiger partial charge in [0, 0.05) is 25.7 Å². The van der Waals surface area contributed by atoms with E-state index in [0.29, 0.717) is 30.0 Å². The summed E-state index contributed by atoms with van der Waals surface area (Å²) in [5.74, 6) is 0.296. The summed E-state index contributed by atoms with van der Waals surface area (Å²) in [6.45, 7) is 2.53. The highest BCUT2D eigenvalue weighted by Crippen LogP contribution is 2.36. The fourth-order valence-electron chi connectivity index (χ4n) is 3.16. The van der Waals surface area contributed by atoms with Gasteiger partial charge in [-0.1, -0.05) is 13.0 Å². The normalized spacial score (nSPS) is 16.2. The number of benzene rings is 1. The van der Waals surface area contributed by atoms with Crippen LogP contribution in [0.5, 0.6) is 11.5 Å². The molecule has 1 aromatic heterocycles. The third-order valence-electron chi connectivity index (χ3n) is 4.72. The van der Waals surface area contributed by atoms with Crippen LogP contribution in [0.4, 0.5) is 4.79 Å². The third kappa shape index (κ3) is 4.52. The van der Waals surface area contributed by atoms with Crippen molar-refractivity contribution in [1.82, 2.24) is 20.0 Å². The van der Waals surface area contributed by atoms with Crippen LogP contribution in [0.25, 0.3) is 6.08 Å². The van der Waals surface area contributed by atoms with Crippen LogP contribution in [-0.2, 0) is 11.3 Å². The van der Waals surface area contributed by atoms with Gasteiger partial charge < -0.3 is 14.8 Å². The third-order valence-corrected chi connectivity index (χ3v) is 5.63. The van der Waals surface area contributed by atoms with Gasteiger partial charge in [-0.2, -0.15) is 5.10 Å². The summed E-state index contributed by atoms with van der Waals surface area (Å²) in [5, 5.41) is 6.25. The molecule has 3 amide bonds. The molecule has 2 aliphatic rings. The van der Waals surface area contributed by atoms with Crippen molar-refractivity contribution in [1.29, 1.82) is 0 Å².